The molecular weight excluding hydrogens is 210 g/mol. The van der Waals surface area contributed by atoms with E-state index in [4.69, 9.17) is 5.14 Å². The molecule has 0 bridgehead atoms. The van der Waals surface area contributed by atoms with Crippen LogP contribution in [0.5, 0.6) is 0 Å². The minimum atomic E-state index is -3.58. The van der Waals surface area contributed by atoms with E-state index >= 15 is 0 Å². The van der Waals surface area contributed by atoms with E-state index in [9.17, 15) is 8.42 Å². The Morgan fingerprint density at radius 2 is 1.93 bits per heavy atom. The van der Waals surface area contributed by atoms with Gasteiger partial charge in [0, 0.05) is 0 Å². The van der Waals surface area contributed by atoms with Crippen LogP contribution in [0.3, 0.4) is 0 Å². The van der Waals surface area contributed by atoms with Crippen molar-refractivity contribution in [1.29, 1.82) is 0 Å². The predicted molar refractivity (Wildman–Crippen MR) is 61.2 cm³/mol. The molecule has 0 spiro atoms. The zero-order valence-electron chi connectivity index (χ0n) is 9.16. The number of benzene rings is 1. The summed E-state index contributed by atoms with van der Waals surface area (Å²) < 4.78 is 22.5. The molecule has 0 aromatic heterocycles. The Kier molecular flexibility index (Phi) is 3.88. The van der Waals surface area contributed by atoms with Gasteiger partial charge in [-0.15, -0.1) is 0 Å². The third-order valence-corrected chi connectivity index (χ3v) is 3.36. The van der Waals surface area contributed by atoms with E-state index in [1.807, 2.05) is 19.1 Å². The first-order valence-electron chi connectivity index (χ1n) is 5.13. The van der Waals surface area contributed by atoms with Crippen LogP contribution >= 0.6 is 0 Å². The van der Waals surface area contributed by atoms with Crippen LogP contribution in [-0.4, -0.2) is 8.42 Å². The summed E-state index contributed by atoms with van der Waals surface area (Å²) in [4.78, 5) is 0.254. The van der Waals surface area contributed by atoms with Crippen molar-refractivity contribution >= 4 is 10.0 Å². The number of nitrogens with two attached hydrogens (primary N) is 1. The number of sulfonamides is 1. The normalized spacial score (nSPS) is 11.7. The number of rotatable bonds is 4. The summed E-state index contributed by atoms with van der Waals surface area (Å²) in [5.41, 5.74) is 1.98. The van der Waals surface area contributed by atoms with E-state index in [1.165, 1.54) is 5.56 Å². The van der Waals surface area contributed by atoms with Crippen LogP contribution in [0.25, 0.3) is 0 Å². The van der Waals surface area contributed by atoms with Crippen LogP contribution in [0.4, 0.5) is 0 Å². The van der Waals surface area contributed by atoms with E-state index in [0.29, 0.717) is 6.42 Å². The number of aryl methyl sites for hydroxylation is 2. The fourth-order valence-corrected chi connectivity index (χ4v) is 2.46. The minimum absolute atomic E-state index is 0.254. The van der Waals surface area contributed by atoms with Crippen LogP contribution in [-0.2, 0) is 22.9 Å². The molecule has 0 unspecified atom stereocenters. The molecule has 1 aromatic carbocycles. The van der Waals surface area contributed by atoms with Gasteiger partial charge < -0.3 is 0 Å². The summed E-state index contributed by atoms with van der Waals surface area (Å²) in [6.07, 6.45) is 2.71. The predicted octanol–water partition coefficient (Wildman–Crippen LogP) is 1.85. The highest BCUT2D eigenvalue weighted by molar-refractivity contribution is 7.89. The summed E-state index contributed by atoms with van der Waals surface area (Å²) in [6, 6.07) is 5.38. The molecule has 4 heteroatoms. The van der Waals surface area contributed by atoms with Crippen molar-refractivity contribution in [1.82, 2.24) is 0 Å². The highest BCUT2D eigenvalue weighted by Gasteiger charge is 2.12. The lowest BCUT2D eigenvalue weighted by atomic mass is 10.1. The second kappa shape index (κ2) is 4.77. The molecule has 2 N–H and O–H groups in total. The topological polar surface area (TPSA) is 60.2 Å². The molecule has 0 aliphatic carbocycles. The van der Waals surface area contributed by atoms with Gasteiger partial charge in [0.2, 0.25) is 10.0 Å². The molecule has 0 amide bonds. The van der Waals surface area contributed by atoms with Crippen molar-refractivity contribution < 1.29 is 8.42 Å². The molecule has 0 saturated heterocycles. The quantitative estimate of drug-likeness (QED) is 0.853. The van der Waals surface area contributed by atoms with E-state index in [2.05, 4.69) is 6.92 Å². The molecule has 84 valence electrons. The Morgan fingerprint density at radius 3 is 2.40 bits per heavy atom. The minimum Gasteiger partial charge on any atom is -0.225 e. The van der Waals surface area contributed by atoms with Gasteiger partial charge in [0.25, 0.3) is 0 Å². The number of primary sulfonamides is 1. The van der Waals surface area contributed by atoms with E-state index in [1.54, 1.807) is 6.07 Å². The van der Waals surface area contributed by atoms with Gasteiger partial charge in [-0.3, -0.25) is 0 Å². The van der Waals surface area contributed by atoms with Crippen molar-refractivity contribution in [2.24, 2.45) is 5.14 Å². The maximum atomic E-state index is 11.3. The molecule has 1 aromatic rings. The van der Waals surface area contributed by atoms with Gasteiger partial charge in [-0.25, -0.2) is 13.6 Å². The maximum absolute atomic E-state index is 11.3. The van der Waals surface area contributed by atoms with Crippen molar-refractivity contribution in [3.05, 3.63) is 29.3 Å². The van der Waals surface area contributed by atoms with E-state index in [0.717, 1.165) is 18.4 Å². The molecular formula is C11H17NO2S. The van der Waals surface area contributed by atoms with Crippen molar-refractivity contribution in [2.75, 3.05) is 0 Å². The zero-order valence-corrected chi connectivity index (χ0v) is 9.97. The summed E-state index contributed by atoms with van der Waals surface area (Å²) in [7, 11) is -3.58. The highest BCUT2D eigenvalue weighted by atomic mass is 32.2. The van der Waals surface area contributed by atoms with Crippen molar-refractivity contribution in [3.63, 3.8) is 0 Å². The van der Waals surface area contributed by atoms with Crippen LogP contribution in [0.15, 0.2) is 23.1 Å². The Labute approximate surface area is 91.4 Å². The Morgan fingerprint density at radius 1 is 1.27 bits per heavy atom. The van der Waals surface area contributed by atoms with Gasteiger partial charge in [-0.1, -0.05) is 32.4 Å². The molecule has 0 atom stereocenters. The molecule has 0 fully saturated rings. The molecule has 1 rings (SSSR count). The SMILES string of the molecule is CCCc1ccc(S(N)(=O)=O)c(CC)c1. The van der Waals surface area contributed by atoms with Gasteiger partial charge >= 0.3 is 0 Å². The fourth-order valence-electron chi connectivity index (χ4n) is 1.63. The lowest BCUT2D eigenvalue weighted by molar-refractivity contribution is 0.596. The summed E-state index contributed by atoms with van der Waals surface area (Å²) in [5, 5.41) is 5.13. The van der Waals surface area contributed by atoms with E-state index in [-0.39, 0.29) is 4.90 Å². The summed E-state index contributed by atoms with van der Waals surface area (Å²) in [6.45, 7) is 4.03. The van der Waals surface area contributed by atoms with Gasteiger partial charge in [0.15, 0.2) is 0 Å². The Bertz CT molecular complexity index is 438. The smallest absolute Gasteiger partial charge is 0.225 e. The number of hydrogen-bond acceptors (Lipinski definition) is 2. The highest BCUT2D eigenvalue weighted by Crippen LogP contribution is 2.17. The standard InChI is InChI=1S/C11H17NO2S/c1-3-5-9-6-7-11(15(12,13)14)10(4-2)8-9/h6-8H,3-5H2,1-2H3,(H2,12,13,14). The van der Waals surface area contributed by atoms with Gasteiger partial charge in [0.1, 0.15) is 0 Å². The zero-order chi connectivity index (χ0) is 11.5. The second-order valence-electron chi connectivity index (χ2n) is 3.59. The monoisotopic (exact) mass is 227 g/mol. The molecule has 0 radical (unpaired) electrons. The molecule has 0 aliphatic rings. The van der Waals surface area contributed by atoms with Crippen LogP contribution in [0, 0.1) is 0 Å². The molecule has 0 aliphatic heterocycles. The third-order valence-electron chi connectivity index (χ3n) is 2.35. The molecule has 0 saturated carbocycles. The van der Waals surface area contributed by atoms with Crippen LogP contribution < -0.4 is 5.14 Å². The lowest BCUT2D eigenvalue weighted by Crippen LogP contribution is -2.14. The van der Waals surface area contributed by atoms with Crippen LogP contribution in [0.1, 0.15) is 31.4 Å². The first kappa shape index (κ1) is 12.2. The van der Waals surface area contributed by atoms with Gasteiger partial charge in [-0.05, 0) is 30.0 Å². The fraction of sp³-hybridized carbons (Fsp3) is 0.455. The summed E-state index contributed by atoms with van der Waals surface area (Å²) >= 11 is 0. The number of hydrogen-bond donors (Lipinski definition) is 1. The van der Waals surface area contributed by atoms with Gasteiger partial charge in [0.05, 0.1) is 4.90 Å². The third kappa shape index (κ3) is 3.04. The van der Waals surface area contributed by atoms with Crippen LogP contribution in [0.2, 0.25) is 0 Å². The maximum Gasteiger partial charge on any atom is 0.238 e. The first-order valence-corrected chi connectivity index (χ1v) is 6.68. The van der Waals surface area contributed by atoms with Crippen molar-refractivity contribution in [3.8, 4) is 0 Å². The lowest BCUT2D eigenvalue weighted by Gasteiger charge is -2.08. The largest absolute Gasteiger partial charge is 0.238 e. The average molecular weight is 227 g/mol. The molecule has 3 nitrogen and oxygen atoms in total. The van der Waals surface area contributed by atoms with E-state index < -0.39 is 10.0 Å². The molecule has 15 heavy (non-hydrogen) atoms. The Balaban J connectivity index is 3.21. The van der Waals surface area contributed by atoms with Gasteiger partial charge in [-0.2, -0.15) is 0 Å². The van der Waals surface area contributed by atoms with Crippen molar-refractivity contribution in [2.45, 2.75) is 38.0 Å². The first-order chi connectivity index (χ1) is 6.99. The second-order valence-corrected chi connectivity index (χ2v) is 5.12. The summed E-state index contributed by atoms with van der Waals surface area (Å²) in [5.74, 6) is 0. The average Bonchev–Trinajstić information content (AvgIpc) is 2.16. The Hall–Kier alpha value is -0.870. The molecule has 0 heterocycles.